The van der Waals surface area contributed by atoms with E-state index in [4.69, 9.17) is 27.8 Å². The molecule has 20 heavy (non-hydrogen) atoms. The second kappa shape index (κ2) is 6.28. The molecule has 1 heterocycles. The second-order valence-electron chi connectivity index (χ2n) is 5.00. The van der Waals surface area contributed by atoms with Gasteiger partial charge in [-0.15, -0.1) is 0 Å². The number of carbonyl (C=O) groups excluding carboxylic acids is 1. The average molecular weight is 299 g/mol. The molecule has 1 saturated carbocycles. The molecule has 5 N–H and O–H groups in total. The van der Waals surface area contributed by atoms with Gasteiger partial charge in [0, 0.05) is 12.1 Å². The fourth-order valence-electron chi connectivity index (χ4n) is 2.36. The molecule has 0 atom stereocenters. The summed E-state index contributed by atoms with van der Waals surface area (Å²) in [4.78, 5) is 15.5. The van der Waals surface area contributed by atoms with Crippen molar-refractivity contribution in [3.63, 3.8) is 0 Å². The lowest BCUT2D eigenvalue weighted by Crippen LogP contribution is -2.33. The van der Waals surface area contributed by atoms with E-state index in [9.17, 15) is 4.79 Å². The van der Waals surface area contributed by atoms with Crippen molar-refractivity contribution in [2.75, 3.05) is 12.4 Å². The number of nitrogens with one attached hydrogen (secondary N) is 1. The summed E-state index contributed by atoms with van der Waals surface area (Å²) < 4.78 is 5.08. The van der Waals surface area contributed by atoms with Crippen LogP contribution in [0.2, 0.25) is 5.02 Å². The van der Waals surface area contributed by atoms with Gasteiger partial charge in [0.1, 0.15) is 11.4 Å². The summed E-state index contributed by atoms with van der Waals surface area (Å²) >= 11 is 6.14. The quantitative estimate of drug-likeness (QED) is 0.782. The number of amides is 1. The minimum absolute atomic E-state index is 0.175. The first kappa shape index (κ1) is 14.9. The maximum atomic E-state index is 11.3. The highest BCUT2D eigenvalue weighted by Crippen LogP contribution is 2.29. The van der Waals surface area contributed by atoms with E-state index in [1.54, 1.807) is 0 Å². The van der Waals surface area contributed by atoms with Gasteiger partial charge in [-0.1, -0.05) is 11.6 Å². The molecule has 1 aromatic rings. The van der Waals surface area contributed by atoms with E-state index in [0.717, 1.165) is 25.7 Å². The number of halogens is 1. The Morgan fingerprint density at radius 3 is 2.65 bits per heavy atom. The van der Waals surface area contributed by atoms with Gasteiger partial charge in [0.05, 0.1) is 12.1 Å². The van der Waals surface area contributed by atoms with Crippen LogP contribution in [0.15, 0.2) is 6.07 Å². The minimum atomic E-state index is -0.619. The molecule has 0 aliphatic heterocycles. The van der Waals surface area contributed by atoms with Crippen LogP contribution in [0.5, 0.6) is 5.88 Å². The van der Waals surface area contributed by atoms with E-state index in [-0.39, 0.29) is 23.5 Å². The van der Waals surface area contributed by atoms with Crippen molar-refractivity contribution >= 4 is 23.3 Å². The van der Waals surface area contributed by atoms with Crippen molar-refractivity contribution in [1.29, 1.82) is 0 Å². The van der Waals surface area contributed by atoms with Gasteiger partial charge in [0.2, 0.25) is 5.88 Å². The fraction of sp³-hybridized carbons (Fsp3) is 0.538. The first-order valence-corrected chi connectivity index (χ1v) is 6.95. The predicted molar refractivity (Wildman–Crippen MR) is 78.2 cm³/mol. The van der Waals surface area contributed by atoms with Crippen LogP contribution in [0.1, 0.15) is 36.0 Å². The van der Waals surface area contributed by atoms with E-state index in [1.165, 1.54) is 13.2 Å². The Bertz CT molecular complexity index is 501. The van der Waals surface area contributed by atoms with Crippen molar-refractivity contribution in [3.05, 3.63) is 16.7 Å². The van der Waals surface area contributed by atoms with E-state index in [0.29, 0.717) is 10.8 Å². The zero-order valence-corrected chi connectivity index (χ0v) is 12.1. The Hall–Kier alpha value is -1.53. The van der Waals surface area contributed by atoms with Crippen molar-refractivity contribution in [3.8, 4) is 5.88 Å². The third-order valence-corrected chi connectivity index (χ3v) is 3.80. The van der Waals surface area contributed by atoms with E-state index < -0.39 is 5.91 Å². The van der Waals surface area contributed by atoms with E-state index >= 15 is 0 Å². The number of anilines is 1. The highest BCUT2D eigenvalue weighted by Gasteiger charge is 2.21. The molecule has 110 valence electrons. The Balaban J connectivity index is 2.17. The normalized spacial score (nSPS) is 22.4. The van der Waals surface area contributed by atoms with Crippen molar-refractivity contribution in [2.45, 2.75) is 37.8 Å². The highest BCUT2D eigenvalue weighted by molar-refractivity contribution is 6.33. The van der Waals surface area contributed by atoms with Gasteiger partial charge in [0.15, 0.2) is 0 Å². The van der Waals surface area contributed by atoms with E-state index in [1.807, 2.05) is 0 Å². The molecule has 1 amide bonds. The topological polar surface area (TPSA) is 103 Å². The monoisotopic (exact) mass is 298 g/mol. The number of rotatable bonds is 4. The lowest BCUT2D eigenvalue weighted by Gasteiger charge is -2.27. The van der Waals surface area contributed by atoms with Crippen LogP contribution >= 0.6 is 11.6 Å². The number of hydrogen-bond donors (Lipinski definition) is 3. The molecule has 0 radical (unpaired) electrons. The van der Waals surface area contributed by atoms with Crippen LogP contribution in [0.4, 0.5) is 5.82 Å². The number of pyridine rings is 1. The molecule has 2 rings (SSSR count). The Labute approximate surface area is 122 Å². The van der Waals surface area contributed by atoms with Gasteiger partial charge in [-0.05, 0) is 31.7 Å². The standard InChI is InChI=1S/C13H19ClN4O2/c1-20-13-9(11(16)19)6-10(14)12(18-13)17-8-4-2-7(15)3-5-8/h6-8H,2-5,15H2,1H3,(H2,16,19)(H,17,18). The van der Waals surface area contributed by atoms with Crippen LogP contribution in [0.3, 0.4) is 0 Å². The van der Waals surface area contributed by atoms with Crippen molar-refractivity contribution < 1.29 is 9.53 Å². The maximum absolute atomic E-state index is 11.3. The number of primary amides is 1. The summed E-state index contributed by atoms with van der Waals surface area (Å²) in [6.07, 6.45) is 3.90. The Kier molecular flexibility index (Phi) is 4.67. The van der Waals surface area contributed by atoms with Crippen LogP contribution in [-0.2, 0) is 0 Å². The predicted octanol–water partition coefficient (Wildman–Crippen LogP) is 1.52. The van der Waals surface area contributed by atoms with E-state index in [2.05, 4.69) is 10.3 Å². The molecule has 0 bridgehead atoms. The summed E-state index contributed by atoms with van der Waals surface area (Å²) in [6, 6.07) is 2.04. The van der Waals surface area contributed by atoms with Crippen LogP contribution in [-0.4, -0.2) is 30.1 Å². The molecule has 0 spiro atoms. The van der Waals surface area contributed by atoms with Gasteiger partial charge in [0.25, 0.3) is 5.91 Å². The lowest BCUT2D eigenvalue weighted by atomic mass is 9.92. The molecule has 1 aromatic heterocycles. The number of methoxy groups -OCH3 is 1. The van der Waals surface area contributed by atoms with Crippen molar-refractivity contribution in [2.24, 2.45) is 11.5 Å². The number of hydrogen-bond acceptors (Lipinski definition) is 5. The number of ether oxygens (including phenoxy) is 1. The highest BCUT2D eigenvalue weighted by atomic mass is 35.5. The molecule has 0 aromatic carbocycles. The number of nitrogens with zero attached hydrogens (tertiary/aromatic N) is 1. The van der Waals surface area contributed by atoms with Crippen LogP contribution < -0.4 is 21.5 Å². The molecule has 7 heteroatoms. The molecule has 1 aliphatic carbocycles. The van der Waals surface area contributed by atoms with Crippen LogP contribution in [0.25, 0.3) is 0 Å². The number of nitrogens with two attached hydrogens (primary N) is 2. The average Bonchev–Trinajstić information content (AvgIpc) is 2.42. The Morgan fingerprint density at radius 1 is 1.45 bits per heavy atom. The van der Waals surface area contributed by atoms with Gasteiger partial charge in [-0.25, -0.2) is 0 Å². The van der Waals surface area contributed by atoms with Gasteiger partial charge < -0.3 is 21.5 Å². The second-order valence-corrected chi connectivity index (χ2v) is 5.40. The lowest BCUT2D eigenvalue weighted by molar-refractivity contribution is 0.0996. The summed E-state index contributed by atoms with van der Waals surface area (Å²) in [5.41, 5.74) is 11.3. The zero-order valence-electron chi connectivity index (χ0n) is 11.4. The summed E-state index contributed by atoms with van der Waals surface area (Å²) in [7, 11) is 1.44. The minimum Gasteiger partial charge on any atom is -0.480 e. The third kappa shape index (κ3) is 3.32. The summed E-state index contributed by atoms with van der Waals surface area (Å²) in [5.74, 6) is 0.0670. The van der Waals surface area contributed by atoms with Crippen LogP contribution in [0, 0.1) is 0 Å². The number of carbonyl (C=O) groups is 1. The molecule has 6 nitrogen and oxygen atoms in total. The zero-order chi connectivity index (χ0) is 14.7. The Morgan fingerprint density at radius 2 is 2.10 bits per heavy atom. The molecule has 1 aliphatic rings. The summed E-state index contributed by atoms with van der Waals surface area (Å²) in [5, 5.41) is 3.64. The van der Waals surface area contributed by atoms with Gasteiger partial charge >= 0.3 is 0 Å². The maximum Gasteiger partial charge on any atom is 0.254 e. The fourth-order valence-corrected chi connectivity index (χ4v) is 2.57. The summed E-state index contributed by atoms with van der Waals surface area (Å²) in [6.45, 7) is 0. The SMILES string of the molecule is COc1nc(NC2CCC(N)CC2)c(Cl)cc1C(N)=O. The van der Waals surface area contributed by atoms with Gasteiger partial charge in [-0.3, -0.25) is 4.79 Å². The molecule has 0 unspecified atom stereocenters. The molecule has 0 saturated heterocycles. The van der Waals surface area contributed by atoms with Crippen molar-refractivity contribution in [1.82, 2.24) is 4.98 Å². The molecular formula is C13H19ClN4O2. The largest absolute Gasteiger partial charge is 0.480 e. The molecular weight excluding hydrogens is 280 g/mol. The van der Waals surface area contributed by atoms with Gasteiger partial charge in [-0.2, -0.15) is 4.98 Å². The molecule has 1 fully saturated rings. The smallest absolute Gasteiger partial charge is 0.254 e. The number of aromatic nitrogens is 1. The first-order valence-electron chi connectivity index (χ1n) is 6.57. The first-order chi connectivity index (χ1) is 9.51. The third-order valence-electron chi connectivity index (χ3n) is 3.51.